The van der Waals surface area contributed by atoms with Gasteiger partial charge in [-0.25, -0.2) is 17.9 Å². The summed E-state index contributed by atoms with van der Waals surface area (Å²) in [5.41, 5.74) is 2.17. The molecule has 1 atom stereocenters. The second kappa shape index (κ2) is 9.23. The highest BCUT2D eigenvalue weighted by Crippen LogP contribution is 2.20. The van der Waals surface area contributed by atoms with Crippen molar-refractivity contribution in [2.75, 3.05) is 38.3 Å². The van der Waals surface area contributed by atoms with Crippen LogP contribution in [0.25, 0.3) is 0 Å². The Labute approximate surface area is 156 Å². The Morgan fingerprint density at radius 1 is 1.23 bits per heavy atom. The Hall–Kier alpha value is -1.80. The number of piperidine rings is 1. The van der Waals surface area contributed by atoms with E-state index >= 15 is 0 Å². The lowest BCUT2D eigenvalue weighted by atomic mass is 10.00. The third-order valence-electron chi connectivity index (χ3n) is 4.63. The standard InChI is InChI=1S/C18H30N4O3S/c1-21(2)16-9-7-15(8-10-16)14-19-18(23)22-13-5-4-6-17(22)11-12-20-26(3,24)25/h7-10,17,20H,4-6,11-14H2,1-3H3,(H,19,23). The monoisotopic (exact) mass is 382 g/mol. The molecule has 0 aliphatic carbocycles. The molecule has 0 bridgehead atoms. The van der Waals surface area contributed by atoms with Gasteiger partial charge in [-0.1, -0.05) is 12.1 Å². The van der Waals surface area contributed by atoms with E-state index < -0.39 is 10.0 Å². The van der Waals surface area contributed by atoms with E-state index in [1.165, 1.54) is 0 Å². The van der Waals surface area contributed by atoms with Crippen LogP contribution in [-0.2, 0) is 16.6 Å². The van der Waals surface area contributed by atoms with Crippen molar-refractivity contribution >= 4 is 21.7 Å². The Balaban J connectivity index is 1.86. The molecule has 0 spiro atoms. The molecule has 1 unspecified atom stereocenters. The van der Waals surface area contributed by atoms with Crippen molar-refractivity contribution in [2.24, 2.45) is 0 Å². The molecule has 1 aliphatic heterocycles. The molecule has 7 nitrogen and oxygen atoms in total. The lowest BCUT2D eigenvalue weighted by Crippen LogP contribution is -2.49. The molecule has 0 saturated carbocycles. The Kier molecular flexibility index (Phi) is 7.28. The van der Waals surface area contributed by atoms with Gasteiger partial charge >= 0.3 is 6.03 Å². The summed E-state index contributed by atoms with van der Waals surface area (Å²) < 4.78 is 24.9. The summed E-state index contributed by atoms with van der Waals surface area (Å²) in [5, 5.41) is 2.99. The van der Waals surface area contributed by atoms with Gasteiger partial charge in [-0.05, 0) is 43.4 Å². The third-order valence-corrected chi connectivity index (χ3v) is 5.35. The summed E-state index contributed by atoms with van der Waals surface area (Å²) in [6, 6.07) is 8.09. The Morgan fingerprint density at radius 2 is 1.92 bits per heavy atom. The first-order valence-corrected chi connectivity index (χ1v) is 10.9. The summed E-state index contributed by atoms with van der Waals surface area (Å²) in [6.07, 6.45) is 4.76. The number of anilines is 1. The minimum absolute atomic E-state index is 0.0779. The van der Waals surface area contributed by atoms with Gasteiger partial charge in [0.1, 0.15) is 0 Å². The van der Waals surface area contributed by atoms with E-state index in [1.54, 1.807) is 0 Å². The van der Waals surface area contributed by atoms with Crippen LogP contribution in [0, 0.1) is 0 Å². The van der Waals surface area contributed by atoms with E-state index in [9.17, 15) is 13.2 Å². The average Bonchev–Trinajstić information content (AvgIpc) is 2.59. The van der Waals surface area contributed by atoms with Gasteiger partial charge in [0, 0.05) is 45.5 Å². The van der Waals surface area contributed by atoms with Crippen LogP contribution in [0.3, 0.4) is 0 Å². The van der Waals surface area contributed by atoms with Crippen molar-refractivity contribution in [3.8, 4) is 0 Å². The average molecular weight is 383 g/mol. The smallest absolute Gasteiger partial charge is 0.317 e. The van der Waals surface area contributed by atoms with Gasteiger partial charge < -0.3 is 15.1 Å². The molecule has 1 saturated heterocycles. The summed E-state index contributed by atoms with van der Waals surface area (Å²) in [6.45, 7) is 1.56. The van der Waals surface area contributed by atoms with Crippen LogP contribution in [0.4, 0.5) is 10.5 Å². The van der Waals surface area contributed by atoms with Gasteiger partial charge in [0.2, 0.25) is 10.0 Å². The zero-order chi connectivity index (χ0) is 19.2. The molecule has 0 aromatic heterocycles. The van der Waals surface area contributed by atoms with E-state index in [-0.39, 0.29) is 12.1 Å². The molecular formula is C18H30N4O3S. The number of amides is 2. The minimum Gasteiger partial charge on any atom is -0.378 e. The van der Waals surface area contributed by atoms with Gasteiger partial charge in [0.25, 0.3) is 0 Å². The Morgan fingerprint density at radius 3 is 2.54 bits per heavy atom. The molecule has 2 rings (SSSR count). The molecule has 2 N–H and O–H groups in total. The molecule has 1 aromatic carbocycles. The van der Waals surface area contributed by atoms with E-state index in [4.69, 9.17) is 0 Å². The number of benzene rings is 1. The fourth-order valence-corrected chi connectivity index (χ4v) is 3.66. The molecule has 8 heteroatoms. The van der Waals surface area contributed by atoms with Crippen molar-refractivity contribution in [1.29, 1.82) is 0 Å². The maximum Gasteiger partial charge on any atom is 0.317 e. The van der Waals surface area contributed by atoms with Crippen LogP contribution in [0.15, 0.2) is 24.3 Å². The SMILES string of the molecule is CN(C)c1ccc(CNC(=O)N2CCCCC2CCNS(C)(=O)=O)cc1. The Bertz CT molecular complexity index is 689. The quantitative estimate of drug-likeness (QED) is 0.753. The maximum atomic E-state index is 12.6. The number of nitrogens with zero attached hydrogens (tertiary/aromatic N) is 2. The van der Waals surface area contributed by atoms with E-state index in [1.807, 2.05) is 48.2 Å². The largest absolute Gasteiger partial charge is 0.378 e. The number of carbonyl (C=O) groups is 1. The van der Waals surface area contributed by atoms with Crippen molar-refractivity contribution in [1.82, 2.24) is 14.9 Å². The highest BCUT2D eigenvalue weighted by molar-refractivity contribution is 7.88. The normalized spacial score (nSPS) is 17.8. The third kappa shape index (κ3) is 6.49. The second-order valence-electron chi connectivity index (χ2n) is 7.02. The van der Waals surface area contributed by atoms with Gasteiger partial charge in [-0.15, -0.1) is 0 Å². The first-order chi connectivity index (χ1) is 12.3. The summed E-state index contributed by atoms with van der Waals surface area (Å²) in [4.78, 5) is 16.5. The number of hydrogen-bond donors (Lipinski definition) is 2. The molecular weight excluding hydrogens is 352 g/mol. The van der Waals surface area contributed by atoms with Crippen molar-refractivity contribution < 1.29 is 13.2 Å². The van der Waals surface area contributed by atoms with Crippen LogP contribution < -0.4 is 14.9 Å². The van der Waals surface area contributed by atoms with Gasteiger partial charge in [0.15, 0.2) is 0 Å². The topological polar surface area (TPSA) is 81.8 Å². The molecule has 1 aromatic rings. The molecule has 26 heavy (non-hydrogen) atoms. The second-order valence-corrected chi connectivity index (χ2v) is 8.85. The zero-order valence-electron chi connectivity index (χ0n) is 15.9. The minimum atomic E-state index is -3.19. The highest BCUT2D eigenvalue weighted by atomic mass is 32.2. The predicted molar refractivity (Wildman–Crippen MR) is 105 cm³/mol. The number of nitrogens with one attached hydrogen (secondary N) is 2. The van der Waals surface area contributed by atoms with E-state index in [0.29, 0.717) is 19.5 Å². The zero-order valence-corrected chi connectivity index (χ0v) is 16.7. The molecule has 1 aliphatic rings. The van der Waals surface area contributed by atoms with Gasteiger partial charge in [0.05, 0.1) is 6.26 Å². The van der Waals surface area contributed by atoms with Gasteiger partial charge in [-0.2, -0.15) is 0 Å². The summed E-state index contributed by atoms with van der Waals surface area (Å²) >= 11 is 0. The first-order valence-electron chi connectivity index (χ1n) is 9.01. The van der Waals surface area contributed by atoms with Gasteiger partial charge in [-0.3, -0.25) is 0 Å². The van der Waals surface area contributed by atoms with Crippen LogP contribution in [0.5, 0.6) is 0 Å². The fraction of sp³-hybridized carbons (Fsp3) is 0.611. The number of sulfonamides is 1. The summed E-state index contributed by atoms with van der Waals surface area (Å²) in [5.74, 6) is 0. The number of likely N-dealkylation sites (tertiary alicyclic amines) is 1. The fourth-order valence-electron chi connectivity index (χ4n) is 3.17. The van der Waals surface area contributed by atoms with Crippen molar-refractivity contribution in [3.63, 3.8) is 0 Å². The molecule has 2 amide bonds. The lowest BCUT2D eigenvalue weighted by Gasteiger charge is -2.35. The van der Waals surface area contributed by atoms with Crippen LogP contribution >= 0.6 is 0 Å². The van der Waals surface area contributed by atoms with E-state index in [2.05, 4.69) is 10.0 Å². The number of hydrogen-bond acceptors (Lipinski definition) is 4. The molecule has 1 fully saturated rings. The molecule has 0 radical (unpaired) electrons. The number of rotatable bonds is 7. The molecule has 1 heterocycles. The summed E-state index contributed by atoms with van der Waals surface area (Å²) in [7, 11) is 0.793. The molecule has 146 valence electrons. The van der Waals surface area contributed by atoms with Crippen LogP contribution in [0.2, 0.25) is 0 Å². The van der Waals surface area contributed by atoms with Crippen LogP contribution in [0.1, 0.15) is 31.2 Å². The predicted octanol–water partition coefficient (Wildman–Crippen LogP) is 1.76. The van der Waals surface area contributed by atoms with E-state index in [0.717, 1.165) is 43.3 Å². The van der Waals surface area contributed by atoms with Crippen molar-refractivity contribution in [3.05, 3.63) is 29.8 Å². The number of carbonyl (C=O) groups excluding carboxylic acids is 1. The number of urea groups is 1. The van der Waals surface area contributed by atoms with Crippen molar-refractivity contribution in [2.45, 2.75) is 38.3 Å². The lowest BCUT2D eigenvalue weighted by molar-refractivity contribution is 0.147. The first kappa shape index (κ1) is 20.5. The highest BCUT2D eigenvalue weighted by Gasteiger charge is 2.26. The van der Waals surface area contributed by atoms with Crippen LogP contribution in [-0.4, -0.2) is 58.8 Å². The maximum absolute atomic E-state index is 12.6.